The van der Waals surface area contributed by atoms with Gasteiger partial charge in [0.1, 0.15) is 0 Å². The van der Waals surface area contributed by atoms with Crippen molar-refractivity contribution in [1.29, 1.82) is 0 Å². The third-order valence-electron chi connectivity index (χ3n) is 3.42. The second-order valence-corrected chi connectivity index (χ2v) is 12.8. The lowest BCUT2D eigenvalue weighted by Gasteiger charge is -2.39. The van der Waals surface area contributed by atoms with Crippen molar-refractivity contribution in [3.63, 3.8) is 0 Å². The second-order valence-electron chi connectivity index (χ2n) is 7.77. The van der Waals surface area contributed by atoms with Crippen molar-refractivity contribution < 1.29 is 4.43 Å². The van der Waals surface area contributed by atoms with Gasteiger partial charge in [-0.3, -0.25) is 0 Å². The first-order valence-corrected chi connectivity index (χ1v) is 10.5. The zero-order valence-electron chi connectivity index (χ0n) is 15.0. The highest BCUT2D eigenvalue weighted by atomic mass is 127. The van der Waals surface area contributed by atoms with Crippen molar-refractivity contribution in [3.05, 3.63) is 42.0 Å². The summed E-state index contributed by atoms with van der Waals surface area (Å²) < 4.78 is 7.91. The summed E-state index contributed by atoms with van der Waals surface area (Å²) in [6, 6.07) is 10.5. The molecular formula is C19H30IOSi. The molecule has 0 bridgehead atoms. The average Bonchev–Trinajstić information content (AvgIpc) is 2.41. The van der Waals surface area contributed by atoms with Crippen LogP contribution in [0.2, 0.25) is 10.1 Å². The van der Waals surface area contributed by atoms with Crippen LogP contribution in [-0.4, -0.2) is 15.1 Å². The van der Waals surface area contributed by atoms with Gasteiger partial charge in [0, 0.05) is 3.58 Å². The second kappa shape index (κ2) is 8.11. The maximum Gasteiger partial charge on any atom is 0.223 e. The lowest BCUT2D eigenvalue weighted by atomic mass is 10.2. The molecule has 0 aliphatic rings. The predicted octanol–water partition coefficient (Wildman–Crippen LogP) is 6.85. The molecule has 1 atom stereocenters. The molecule has 0 amide bonds. The van der Waals surface area contributed by atoms with E-state index in [-0.39, 0.29) is 16.2 Å². The molecule has 0 aliphatic carbocycles. The maximum absolute atomic E-state index is 6.64. The van der Waals surface area contributed by atoms with Crippen molar-refractivity contribution in [1.82, 2.24) is 0 Å². The Labute approximate surface area is 152 Å². The fourth-order valence-electron chi connectivity index (χ4n) is 2.72. The lowest BCUT2D eigenvalue weighted by molar-refractivity contribution is 0.219. The minimum absolute atomic E-state index is 0.194. The minimum Gasteiger partial charge on any atom is -0.409 e. The Bertz CT molecular complexity index is 468. The fourth-order valence-corrected chi connectivity index (χ4v) is 6.98. The average molecular weight is 429 g/mol. The summed E-state index contributed by atoms with van der Waals surface area (Å²) in [7, 11) is -0.961. The number of benzene rings is 1. The molecule has 0 spiro atoms. The quantitative estimate of drug-likeness (QED) is 0.367. The highest BCUT2D eigenvalue weighted by molar-refractivity contribution is 14.1. The molecule has 0 aliphatic heterocycles. The third kappa shape index (κ3) is 6.17. The summed E-state index contributed by atoms with van der Waals surface area (Å²) in [6.45, 7) is 16.1. The molecule has 3 heteroatoms. The Morgan fingerprint density at radius 3 is 2.00 bits per heavy atom. The van der Waals surface area contributed by atoms with Crippen molar-refractivity contribution in [3.8, 4) is 0 Å². The van der Waals surface area contributed by atoms with Crippen LogP contribution in [0.3, 0.4) is 0 Å². The molecule has 1 rings (SSSR count). The first-order valence-electron chi connectivity index (χ1n) is 8.03. The first kappa shape index (κ1) is 19.9. The zero-order chi connectivity index (χ0) is 17.0. The standard InChI is InChI=1S/C19H30IOSi/c1-8-16(14-17(20)15-12-10-9-11-13-15)21-22(18(2,3)4)19(5,6)7/h9-14,16H,8H2,1-7H3/b17-14-. The summed E-state index contributed by atoms with van der Waals surface area (Å²) in [4.78, 5) is 0. The van der Waals surface area contributed by atoms with Gasteiger partial charge in [-0.1, -0.05) is 78.8 Å². The smallest absolute Gasteiger partial charge is 0.223 e. The van der Waals surface area contributed by atoms with E-state index >= 15 is 0 Å². The Morgan fingerprint density at radius 2 is 1.59 bits per heavy atom. The molecule has 0 fully saturated rings. The van der Waals surface area contributed by atoms with Crippen LogP contribution >= 0.6 is 22.6 Å². The van der Waals surface area contributed by atoms with Crippen molar-refractivity contribution >= 4 is 35.2 Å². The Kier molecular flexibility index (Phi) is 7.34. The maximum atomic E-state index is 6.64. The van der Waals surface area contributed by atoms with Gasteiger partial charge < -0.3 is 4.43 Å². The number of rotatable bonds is 5. The van der Waals surface area contributed by atoms with Crippen LogP contribution < -0.4 is 0 Å². The van der Waals surface area contributed by atoms with Gasteiger partial charge in [0.15, 0.2) is 0 Å². The van der Waals surface area contributed by atoms with E-state index in [1.165, 1.54) is 9.14 Å². The van der Waals surface area contributed by atoms with Crippen molar-refractivity contribution in [2.75, 3.05) is 0 Å². The third-order valence-corrected chi connectivity index (χ3v) is 7.66. The van der Waals surface area contributed by atoms with Gasteiger partial charge in [0.05, 0.1) is 6.10 Å². The van der Waals surface area contributed by atoms with Crippen LogP contribution in [-0.2, 0) is 4.43 Å². The Balaban J connectivity index is 2.96. The molecule has 123 valence electrons. The number of hydrogen-bond acceptors (Lipinski definition) is 1. The molecule has 0 saturated carbocycles. The number of halogens is 1. The van der Waals surface area contributed by atoms with E-state index in [1.54, 1.807) is 0 Å². The molecule has 0 aromatic heterocycles. The summed E-state index contributed by atoms with van der Waals surface area (Å²) >= 11 is 2.43. The normalized spacial score (nSPS) is 15.2. The van der Waals surface area contributed by atoms with E-state index in [0.717, 1.165) is 6.42 Å². The van der Waals surface area contributed by atoms with Gasteiger partial charge in [0.25, 0.3) is 0 Å². The first-order chi connectivity index (χ1) is 10.1. The molecule has 1 unspecified atom stereocenters. The van der Waals surface area contributed by atoms with Crippen LogP contribution in [0.1, 0.15) is 60.5 Å². The van der Waals surface area contributed by atoms with Crippen LogP contribution in [0.15, 0.2) is 36.4 Å². The molecule has 0 saturated heterocycles. The van der Waals surface area contributed by atoms with E-state index in [4.69, 9.17) is 4.43 Å². The fraction of sp³-hybridized carbons (Fsp3) is 0.579. The molecule has 0 N–H and O–H groups in total. The Morgan fingerprint density at radius 1 is 1.09 bits per heavy atom. The van der Waals surface area contributed by atoms with Crippen molar-refractivity contribution in [2.24, 2.45) is 0 Å². The van der Waals surface area contributed by atoms with E-state index in [9.17, 15) is 0 Å². The van der Waals surface area contributed by atoms with Gasteiger partial charge in [-0.15, -0.1) is 0 Å². The van der Waals surface area contributed by atoms with Crippen LogP contribution in [0.5, 0.6) is 0 Å². The van der Waals surface area contributed by atoms with E-state index in [0.29, 0.717) is 0 Å². The summed E-state index contributed by atoms with van der Waals surface area (Å²) in [5.74, 6) is 0. The molecule has 1 nitrogen and oxygen atoms in total. The molecule has 1 aromatic rings. The minimum atomic E-state index is -0.961. The zero-order valence-corrected chi connectivity index (χ0v) is 18.2. The van der Waals surface area contributed by atoms with Crippen LogP contribution in [0.4, 0.5) is 0 Å². The molecular weight excluding hydrogens is 399 g/mol. The van der Waals surface area contributed by atoms with E-state index < -0.39 is 9.04 Å². The SMILES string of the molecule is CCC(/C=C(\I)c1ccccc1)O[Si](C(C)(C)C)C(C)(C)C. The molecule has 1 aromatic carbocycles. The van der Waals surface area contributed by atoms with E-state index in [2.05, 4.69) is 107 Å². The van der Waals surface area contributed by atoms with Gasteiger partial charge in [-0.2, -0.15) is 0 Å². The summed E-state index contributed by atoms with van der Waals surface area (Å²) in [6.07, 6.45) is 3.50. The van der Waals surface area contributed by atoms with E-state index in [1.807, 2.05) is 0 Å². The molecule has 0 heterocycles. The summed E-state index contributed by atoms with van der Waals surface area (Å²) in [5.41, 5.74) is 1.27. The monoisotopic (exact) mass is 429 g/mol. The highest BCUT2D eigenvalue weighted by Gasteiger charge is 2.40. The van der Waals surface area contributed by atoms with Gasteiger partial charge in [-0.25, -0.2) is 0 Å². The largest absolute Gasteiger partial charge is 0.409 e. The van der Waals surface area contributed by atoms with Gasteiger partial charge in [0.2, 0.25) is 9.04 Å². The lowest BCUT2D eigenvalue weighted by Crippen LogP contribution is -2.40. The topological polar surface area (TPSA) is 9.23 Å². The van der Waals surface area contributed by atoms with Gasteiger partial charge >= 0.3 is 0 Å². The predicted molar refractivity (Wildman–Crippen MR) is 109 cm³/mol. The van der Waals surface area contributed by atoms with Crippen LogP contribution in [0.25, 0.3) is 3.58 Å². The molecule has 1 radical (unpaired) electrons. The summed E-state index contributed by atoms with van der Waals surface area (Å²) in [5, 5.41) is 0.449. The highest BCUT2D eigenvalue weighted by Crippen LogP contribution is 2.43. The number of hydrogen-bond donors (Lipinski definition) is 0. The molecule has 22 heavy (non-hydrogen) atoms. The van der Waals surface area contributed by atoms with Gasteiger partial charge in [-0.05, 0) is 50.7 Å². The van der Waals surface area contributed by atoms with Crippen LogP contribution in [0, 0.1) is 0 Å². The van der Waals surface area contributed by atoms with Crippen molar-refractivity contribution in [2.45, 2.75) is 71.1 Å². The Hall–Kier alpha value is -0.133.